The molecule has 10 N–H and O–H groups in total. The second kappa shape index (κ2) is 26.9. The van der Waals surface area contributed by atoms with Gasteiger partial charge in [0.1, 0.15) is 0 Å². The number of ether oxygens (including phenoxy) is 1. The quantitative estimate of drug-likeness (QED) is 0.0477. The number of aryl methyl sites for hydroxylation is 2. The number of aliphatic hydroxyl groups is 1. The summed E-state index contributed by atoms with van der Waals surface area (Å²) in [6.45, 7) is 6.84. The number of benzene rings is 4. The van der Waals surface area contributed by atoms with Crippen LogP contribution in [0.2, 0.25) is 0 Å². The molecule has 0 unspecified atom stereocenters. The van der Waals surface area contributed by atoms with Gasteiger partial charge < -0.3 is 25.1 Å². The van der Waals surface area contributed by atoms with Gasteiger partial charge in [-0.1, -0.05) is 63.1 Å². The third-order valence-electron chi connectivity index (χ3n) is 14.2. The Morgan fingerprint density at radius 3 is 1.28 bits per heavy atom. The molecule has 2 saturated heterocycles. The van der Waals surface area contributed by atoms with Gasteiger partial charge in [-0.3, -0.25) is 31.5 Å². The average Bonchev–Trinajstić information content (AvgIpc) is 3.38. The minimum absolute atomic E-state index is 0. The van der Waals surface area contributed by atoms with Crippen molar-refractivity contribution >= 4 is 23.7 Å². The number of hydrogen-bond acceptors (Lipinski definition) is 11. The molecule has 2 saturated carbocycles. The first kappa shape index (κ1) is 55.1. The van der Waals surface area contributed by atoms with E-state index in [1.807, 2.05) is 58.3 Å². The van der Waals surface area contributed by atoms with Gasteiger partial charge in [-0.05, 0) is 158 Å². The Morgan fingerprint density at radius 1 is 0.609 bits per heavy atom. The van der Waals surface area contributed by atoms with Crippen LogP contribution in [0.1, 0.15) is 188 Å². The van der Waals surface area contributed by atoms with Crippen molar-refractivity contribution < 1.29 is 34.5 Å². The zero-order valence-electron chi connectivity index (χ0n) is 40.6. The van der Waals surface area contributed by atoms with Crippen molar-refractivity contribution in [1.29, 1.82) is 10.5 Å². The van der Waals surface area contributed by atoms with Crippen LogP contribution in [0.5, 0.6) is 0 Å². The van der Waals surface area contributed by atoms with Crippen molar-refractivity contribution in [2.75, 3.05) is 40.4 Å². The van der Waals surface area contributed by atoms with E-state index in [0.717, 1.165) is 93.6 Å². The SMILES string of the molecule is CCc1cc(C2CCC2)c(C(=O)NN)cc1C(=O)N1CCC(c2ccc(C#N)cc2)CC1.CCc1cc(C2CCC2)c(C(=O)OC)cc1C(=O)N1CCC(c2ccc(C#N)cc2)CC1.CO.NN.O. The molecule has 4 aromatic carbocycles. The fourth-order valence-corrected chi connectivity index (χ4v) is 9.82. The number of carbonyl (C=O) groups is 4. The van der Waals surface area contributed by atoms with Gasteiger partial charge in [0.2, 0.25) is 0 Å². The second-order valence-electron chi connectivity index (χ2n) is 17.7. The van der Waals surface area contributed by atoms with Gasteiger partial charge in [-0.2, -0.15) is 10.5 Å². The topological polar surface area (TPSA) is 273 Å². The van der Waals surface area contributed by atoms with Crippen LogP contribution in [0.25, 0.3) is 0 Å². The molecule has 2 aliphatic heterocycles. The molecule has 0 spiro atoms. The van der Waals surface area contributed by atoms with Gasteiger partial charge in [-0.15, -0.1) is 0 Å². The van der Waals surface area contributed by atoms with E-state index in [2.05, 4.69) is 55.2 Å². The van der Waals surface area contributed by atoms with Crippen LogP contribution in [0.3, 0.4) is 0 Å². The fraction of sp³-hybridized carbons (Fsp3) is 0.444. The van der Waals surface area contributed by atoms with Crippen LogP contribution in [-0.2, 0) is 17.6 Å². The number of nitrogens with two attached hydrogens (primary N) is 3. The molecule has 0 atom stereocenters. The number of esters is 1. The first-order chi connectivity index (χ1) is 33.1. The lowest BCUT2D eigenvalue weighted by atomic mass is 9.76. The number of nitrogen functional groups attached to an aromatic ring is 1. The summed E-state index contributed by atoms with van der Waals surface area (Å²) >= 11 is 0. The van der Waals surface area contributed by atoms with Gasteiger partial charge in [-0.25, -0.2) is 10.6 Å². The van der Waals surface area contributed by atoms with E-state index in [0.29, 0.717) is 83.2 Å². The van der Waals surface area contributed by atoms with Crippen LogP contribution in [0.15, 0.2) is 72.8 Å². The molecule has 15 nitrogen and oxygen atoms in total. The molecular weight excluding hydrogens is 873 g/mol. The lowest BCUT2D eigenvalue weighted by Gasteiger charge is -2.33. The maximum Gasteiger partial charge on any atom is 0.338 e. The van der Waals surface area contributed by atoms with Crippen molar-refractivity contribution in [1.82, 2.24) is 15.2 Å². The first-order valence-electron chi connectivity index (χ1n) is 23.9. The molecule has 0 radical (unpaired) electrons. The Hall–Kier alpha value is -6.46. The van der Waals surface area contributed by atoms with Crippen LogP contribution < -0.4 is 23.0 Å². The molecule has 0 bridgehead atoms. The number of aliphatic hydroxyl groups excluding tert-OH is 1. The lowest BCUT2D eigenvalue weighted by molar-refractivity contribution is 0.0597. The van der Waals surface area contributed by atoms with Gasteiger partial charge in [0.05, 0.1) is 35.9 Å². The Kier molecular flexibility index (Phi) is 21.5. The maximum atomic E-state index is 13.5. The molecule has 2 heterocycles. The van der Waals surface area contributed by atoms with Crippen molar-refractivity contribution in [3.63, 3.8) is 0 Å². The van der Waals surface area contributed by atoms with Crippen LogP contribution in [0.4, 0.5) is 0 Å². The highest BCUT2D eigenvalue weighted by Crippen LogP contribution is 2.41. The summed E-state index contributed by atoms with van der Waals surface area (Å²) < 4.78 is 5.05. The Balaban J connectivity index is 0.000000277. The number of nitrogens with one attached hydrogen (secondary N) is 1. The van der Waals surface area contributed by atoms with Crippen molar-refractivity contribution in [2.24, 2.45) is 17.5 Å². The highest BCUT2D eigenvalue weighted by molar-refractivity contribution is 6.02. The largest absolute Gasteiger partial charge is 0.465 e. The molecule has 368 valence electrons. The van der Waals surface area contributed by atoms with Crippen LogP contribution >= 0.6 is 0 Å². The number of nitriles is 2. The van der Waals surface area contributed by atoms with Gasteiger partial charge in [0.25, 0.3) is 17.7 Å². The molecule has 15 heteroatoms. The molecule has 0 aromatic heterocycles. The Labute approximate surface area is 406 Å². The minimum Gasteiger partial charge on any atom is -0.465 e. The average molecular weight is 943 g/mol. The summed E-state index contributed by atoms with van der Waals surface area (Å²) in [6.07, 6.45) is 11.7. The van der Waals surface area contributed by atoms with E-state index in [-0.39, 0.29) is 29.2 Å². The van der Waals surface area contributed by atoms with Gasteiger partial charge >= 0.3 is 5.97 Å². The summed E-state index contributed by atoms with van der Waals surface area (Å²) in [5, 5.41) is 25.0. The molecule has 4 fully saturated rings. The summed E-state index contributed by atoms with van der Waals surface area (Å²) in [7, 11) is 2.40. The fourth-order valence-electron chi connectivity index (χ4n) is 9.82. The first-order valence-corrected chi connectivity index (χ1v) is 23.9. The number of piperidine rings is 2. The highest BCUT2D eigenvalue weighted by Gasteiger charge is 2.32. The summed E-state index contributed by atoms with van der Waals surface area (Å²) in [5.74, 6) is 14.3. The third-order valence-corrected chi connectivity index (χ3v) is 14.2. The summed E-state index contributed by atoms with van der Waals surface area (Å²) in [4.78, 5) is 55.8. The third kappa shape index (κ3) is 13.0. The van der Waals surface area contributed by atoms with E-state index in [9.17, 15) is 19.2 Å². The smallest absolute Gasteiger partial charge is 0.338 e. The molecule has 69 heavy (non-hydrogen) atoms. The van der Waals surface area contributed by atoms with E-state index in [1.54, 1.807) is 12.1 Å². The van der Waals surface area contributed by atoms with E-state index < -0.39 is 0 Å². The number of amides is 3. The van der Waals surface area contributed by atoms with Crippen LogP contribution in [0, 0.1) is 22.7 Å². The van der Waals surface area contributed by atoms with Gasteiger partial charge in [0.15, 0.2) is 0 Å². The lowest BCUT2D eigenvalue weighted by Crippen LogP contribution is -2.39. The number of methoxy groups -OCH3 is 1. The number of rotatable bonds is 10. The number of hydrogen-bond donors (Lipinski definition) is 5. The van der Waals surface area contributed by atoms with E-state index in [4.69, 9.17) is 26.2 Å². The van der Waals surface area contributed by atoms with Crippen LogP contribution in [-0.4, -0.2) is 84.5 Å². The van der Waals surface area contributed by atoms with Crippen molar-refractivity contribution in [2.45, 2.75) is 115 Å². The zero-order valence-corrected chi connectivity index (χ0v) is 40.6. The molecule has 8 rings (SSSR count). The molecule has 2 aliphatic carbocycles. The molecule has 3 amide bonds. The van der Waals surface area contributed by atoms with E-state index >= 15 is 0 Å². The predicted octanol–water partition coefficient (Wildman–Crippen LogP) is 6.81. The van der Waals surface area contributed by atoms with Gasteiger partial charge in [0, 0.05) is 50.0 Å². The monoisotopic (exact) mass is 943 g/mol. The van der Waals surface area contributed by atoms with Crippen molar-refractivity contribution in [3.8, 4) is 12.1 Å². The predicted molar refractivity (Wildman–Crippen MR) is 266 cm³/mol. The molecule has 4 aromatic rings. The number of hydrazine groups is 2. The van der Waals surface area contributed by atoms with Crippen molar-refractivity contribution in [3.05, 3.63) is 140 Å². The molecule has 4 aliphatic rings. The number of nitrogens with zero attached hydrogens (tertiary/aromatic N) is 4. The standard InChI is InChI=1S/C27H30N2O3.C26H30N4O2.CH4O.H4N2.H2O/c1-3-19-15-23(22-5-4-6-22)25(27(31)32-2)16-24(19)26(30)29-13-11-21(12-14-29)20-9-7-18(17-28)8-10-20;1-2-18-14-22(21-4-3-5-21)24(25(31)29-28)15-23(18)26(32)30-12-10-20(11-13-30)19-8-6-17(16-27)7-9-19;2*1-2;/h7-10,15-16,21-22H,3-6,11-14H2,1-2H3;6-9,14-15,20-21H,2-5,10-13,28H2,1H3,(H,29,31);2H,1H3;1-2H2;1H2. The summed E-state index contributed by atoms with van der Waals surface area (Å²) in [5.41, 5.74) is 12.4. The number of likely N-dealkylation sites (tertiary alicyclic amines) is 2. The zero-order chi connectivity index (χ0) is 49.3. The Morgan fingerprint density at radius 2 is 0.971 bits per heavy atom. The highest BCUT2D eigenvalue weighted by atomic mass is 16.5. The number of carbonyl (C=O) groups excluding carboxylic acids is 4. The van der Waals surface area contributed by atoms with E-state index in [1.165, 1.54) is 31.1 Å². The second-order valence-corrected chi connectivity index (χ2v) is 17.7. The minimum atomic E-state index is -0.358. The maximum absolute atomic E-state index is 13.5. The summed E-state index contributed by atoms with van der Waals surface area (Å²) in [6, 6.07) is 27.5. The molecular formula is C54H70N8O7. The normalized spacial score (nSPS) is 15.8. The Bertz CT molecular complexity index is 2270.